The molecule has 10 heteroatoms. The Labute approximate surface area is 179 Å². The smallest absolute Gasteiger partial charge is 0.422 e. The minimum Gasteiger partial charge on any atom is -0.440 e. The van der Waals surface area contributed by atoms with Crippen molar-refractivity contribution in [1.29, 1.82) is 0 Å². The lowest BCUT2D eigenvalue weighted by atomic mass is 9.97. The van der Waals surface area contributed by atoms with E-state index in [-0.39, 0.29) is 19.4 Å². The Morgan fingerprint density at radius 2 is 1.81 bits per heavy atom. The Bertz CT molecular complexity index is 1010. The van der Waals surface area contributed by atoms with Gasteiger partial charge in [0.15, 0.2) is 6.61 Å². The molecule has 0 aliphatic carbocycles. The summed E-state index contributed by atoms with van der Waals surface area (Å²) in [7, 11) is -3.58. The molecule has 0 saturated carbocycles. The van der Waals surface area contributed by atoms with Gasteiger partial charge in [-0.05, 0) is 29.5 Å². The van der Waals surface area contributed by atoms with Crippen LogP contribution in [0.15, 0.2) is 54.6 Å². The molecule has 1 amide bonds. The molecule has 1 saturated heterocycles. The van der Waals surface area contributed by atoms with Gasteiger partial charge in [-0.3, -0.25) is 0 Å². The first-order valence-electron chi connectivity index (χ1n) is 9.64. The molecule has 1 aliphatic rings. The number of likely N-dealkylation sites (tertiary alicyclic amines) is 1. The van der Waals surface area contributed by atoms with Crippen molar-refractivity contribution in [2.45, 2.75) is 31.1 Å². The van der Waals surface area contributed by atoms with Crippen LogP contribution in [0.3, 0.4) is 0 Å². The van der Waals surface area contributed by atoms with Crippen molar-refractivity contribution in [1.82, 2.24) is 9.62 Å². The lowest BCUT2D eigenvalue weighted by molar-refractivity contribution is -0.162. The van der Waals surface area contributed by atoms with Crippen LogP contribution in [0.5, 0.6) is 0 Å². The molecular formula is C21H23F3N2O4S. The SMILES string of the molecule is CS(=O)(=O)N[C@H]1CCN(C(=O)OCC(F)(F)F)[C@H]1Cc1cccc(-c2ccccc2)c1. The summed E-state index contributed by atoms with van der Waals surface area (Å²) >= 11 is 0. The molecule has 0 spiro atoms. The van der Waals surface area contributed by atoms with Crippen LogP contribution < -0.4 is 4.72 Å². The van der Waals surface area contributed by atoms with Crippen molar-refractivity contribution in [2.24, 2.45) is 0 Å². The molecule has 0 radical (unpaired) electrons. The summed E-state index contributed by atoms with van der Waals surface area (Å²) in [5, 5.41) is 0. The molecule has 1 heterocycles. The topological polar surface area (TPSA) is 75.7 Å². The Morgan fingerprint density at radius 1 is 1.13 bits per heavy atom. The summed E-state index contributed by atoms with van der Waals surface area (Å²) in [6.07, 6.45) is -4.21. The summed E-state index contributed by atoms with van der Waals surface area (Å²) in [5.41, 5.74) is 2.75. The van der Waals surface area contributed by atoms with E-state index in [1.54, 1.807) is 0 Å². The number of halogens is 3. The van der Waals surface area contributed by atoms with Crippen molar-refractivity contribution >= 4 is 16.1 Å². The maximum atomic E-state index is 12.5. The first-order chi connectivity index (χ1) is 14.5. The van der Waals surface area contributed by atoms with E-state index in [4.69, 9.17) is 0 Å². The molecule has 6 nitrogen and oxygen atoms in total. The standard InChI is InChI=1S/C21H23F3N2O4S/c1-31(28,29)25-18-10-11-26(20(27)30-14-21(22,23)24)19(18)13-15-6-5-9-17(12-15)16-7-3-2-4-8-16/h2-9,12,18-19,25H,10-11,13-14H2,1H3/t18-,19-/m0/s1. The lowest BCUT2D eigenvalue weighted by Gasteiger charge is -2.28. The van der Waals surface area contributed by atoms with Crippen LogP contribution in [-0.2, 0) is 21.2 Å². The summed E-state index contributed by atoms with van der Waals surface area (Å²) < 4.78 is 67.8. The average Bonchev–Trinajstić information content (AvgIpc) is 3.07. The van der Waals surface area contributed by atoms with Crippen LogP contribution in [0.25, 0.3) is 11.1 Å². The van der Waals surface area contributed by atoms with Gasteiger partial charge in [0.1, 0.15) is 0 Å². The molecule has 0 aromatic heterocycles. The Kier molecular flexibility index (Phi) is 6.90. The number of benzene rings is 2. The number of hydrogen-bond acceptors (Lipinski definition) is 4. The fourth-order valence-corrected chi connectivity index (χ4v) is 4.55. The third-order valence-electron chi connectivity index (χ3n) is 4.98. The molecule has 0 unspecified atom stereocenters. The number of amides is 1. The van der Waals surface area contributed by atoms with Crippen molar-refractivity contribution in [3.05, 3.63) is 60.2 Å². The molecule has 1 aliphatic heterocycles. The predicted molar refractivity (Wildman–Crippen MR) is 110 cm³/mol. The molecule has 1 N–H and O–H groups in total. The number of nitrogens with zero attached hydrogens (tertiary/aromatic N) is 1. The first-order valence-corrected chi connectivity index (χ1v) is 11.5. The summed E-state index contributed by atoms with van der Waals surface area (Å²) in [6, 6.07) is 15.8. The highest BCUT2D eigenvalue weighted by atomic mass is 32.2. The van der Waals surface area contributed by atoms with E-state index in [0.29, 0.717) is 0 Å². The maximum Gasteiger partial charge on any atom is 0.422 e. The zero-order valence-corrected chi connectivity index (χ0v) is 17.6. The predicted octanol–water partition coefficient (Wildman–Crippen LogP) is 3.59. The van der Waals surface area contributed by atoms with Crippen LogP contribution in [0.4, 0.5) is 18.0 Å². The number of hydrogen-bond donors (Lipinski definition) is 1. The van der Waals surface area contributed by atoms with Gasteiger partial charge in [-0.15, -0.1) is 0 Å². The van der Waals surface area contributed by atoms with Gasteiger partial charge in [0, 0.05) is 12.6 Å². The van der Waals surface area contributed by atoms with Crippen molar-refractivity contribution < 1.29 is 31.1 Å². The van der Waals surface area contributed by atoms with Crippen molar-refractivity contribution in [3.63, 3.8) is 0 Å². The largest absolute Gasteiger partial charge is 0.440 e. The van der Waals surface area contributed by atoms with Gasteiger partial charge in [-0.25, -0.2) is 17.9 Å². The molecule has 1 fully saturated rings. The maximum absolute atomic E-state index is 12.5. The van der Waals surface area contributed by atoms with Gasteiger partial charge in [-0.1, -0.05) is 54.6 Å². The number of nitrogens with one attached hydrogen (secondary N) is 1. The minimum atomic E-state index is -4.64. The molecular weight excluding hydrogens is 433 g/mol. The summed E-state index contributed by atoms with van der Waals surface area (Å²) in [6.45, 7) is -1.60. The molecule has 2 aromatic rings. The van der Waals surface area contributed by atoms with E-state index >= 15 is 0 Å². The van der Waals surface area contributed by atoms with Gasteiger partial charge >= 0.3 is 12.3 Å². The lowest BCUT2D eigenvalue weighted by Crippen LogP contribution is -2.48. The summed E-state index contributed by atoms with van der Waals surface area (Å²) in [5.74, 6) is 0. The second-order valence-corrected chi connectivity index (χ2v) is 9.27. The van der Waals surface area contributed by atoms with E-state index < -0.39 is 41.0 Å². The highest BCUT2D eigenvalue weighted by Crippen LogP contribution is 2.27. The molecule has 2 aromatic carbocycles. The number of ether oxygens (including phenoxy) is 1. The molecule has 31 heavy (non-hydrogen) atoms. The zero-order valence-electron chi connectivity index (χ0n) is 16.8. The molecule has 0 bridgehead atoms. The number of sulfonamides is 1. The van der Waals surface area contributed by atoms with Gasteiger partial charge in [0.2, 0.25) is 10.0 Å². The number of rotatable bonds is 6. The van der Waals surface area contributed by atoms with Crippen LogP contribution in [0, 0.1) is 0 Å². The normalized spacial score (nSPS) is 19.4. The first kappa shape index (κ1) is 23.1. The van der Waals surface area contributed by atoms with E-state index in [1.165, 1.54) is 4.90 Å². The van der Waals surface area contributed by atoms with Gasteiger partial charge in [-0.2, -0.15) is 13.2 Å². The van der Waals surface area contributed by atoms with Crippen molar-refractivity contribution in [3.8, 4) is 11.1 Å². The Morgan fingerprint density at radius 3 is 2.45 bits per heavy atom. The Balaban J connectivity index is 1.83. The molecule has 2 atom stereocenters. The molecule has 168 valence electrons. The zero-order chi connectivity index (χ0) is 22.6. The van der Waals surface area contributed by atoms with Crippen LogP contribution in [0.1, 0.15) is 12.0 Å². The fraction of sp³-hybridized carbons (Fsp3) is 0.381. The van der Waals surface area contributed by atoms with Gasteiger partial charge in [0.05, 0.1) is 12.3 Å². The van der Waals surface area contributed by atoms with E-state index in [1.807, 2.05) is 54.6 Å². The van der Waals surface area contributed by atoms with E-state index in [9.17, 15) is 26.4 Å². The summed E-state index contributed by atoms with van der Waals surface area (Å²) in [4.78, 5) is 13.5. The number of alkyl halides is 3. The van der Waals surface area contributed by atoms with Crippen molar-refractivity contribution in [2.75, 3.05) is 19.4 Å². The number of carbonyl (C=O) groups excluding carboxylic acids is 1. The average molecular weight is 456 g/mol. The van der Waals surface area contributed by atoms with Crippen LogP contribution in [0.2, 0.25) is 0 Å². The van der Waals surface area contributed by atoms with Crippen LogP contribution >= 0.6 is 0 Å². The van der Waals surface area contributed by atoms with Crippen LogP contribution in [-0.4, -0.2) is 57.1 Å². The Hall–Kier alpha value is -2.59. The third kappa shape index (κ3) is 6.70. The molecule has 3 rings (SSSR count). The van der Waals surface area contributed by atoms with E-state index in [2.05, 4.69) is 9.46 Å². The minimum absolute atomic E-state index is 0.0902. The highest BCUT2D eigenvalue weighted by molar-refractivity contribution is 7.88. The monoisotopic (exact) mass is 456 g/mol. The quantitative estimate of drug-likeness (QED) is 0.721. The second kappa shape index (κ2) is 9.27. The van der Waals surface area contributed by atoms with E-state index in [0.717, 1.165) is 22.9 Å². The third-order valence-corrected chi connectivity index (χ3v) is 5.71. The van der Waals surface area contributed by atoms with Gasteiger partial charge in [0.25, 0.3) is 0 Å². The van der Waals surface area contributed by atoms with Gasteiger partial charge < -0.3 is 9.64 Å². The number of carbonyl (C=O) groups is 1. The second-order valence-electron chi connectivity index (χ2n) is 7.49. The highest BCUT2D eigenvalue weighted by Gasteiger charge is 2.40. The fourth-order valence-electron chi connectivity index (χ4n) is 3.72.